The third-order valence-electron chi connectivity index (χ3n) is 3.01. The maximum atomic E-state index is 12.1. The second-order valence-corrected chi connectivity index (χ2v) is 5.02. The van der Waals surface area contributed by atoms with E-state index in [1.807, 2.05) is 11.9 Å². The second kappa shape index (κ2) is 5.64. The van der Waals surface area contributed by atoms with Gasteiger partial charge in [0.1, 0.15) is 0 Å². The van der Waals surface area contributed by atoms with E-state index in [-0.39, 0.29) is 5.91 Å². The Bertz CT molecular complexity index is 385. The first-order valence-corrected chi connectivity index (χ1v) is 6.89. The van der Waals surface area contributed by atoms with Gasteiger partial charge < -0.3 is 4.90 Å². The highest BCUT2D eigenvalue weighted by atomic mass is 79.9. The minimum absolute atomic E-state index is 0.0941. The molecule has 0 N–H and O–H groups in total. The van der Waals surface area contributed by atoms with Crippen LogP contribution in [0.1, 0.15) is 10.4 Å². The van der Waals surface area contributed by atoms with Crippen LogP contribution < -0.4 is 0 Å². The molecule has 6 heteroatoms. The van der Waals surface area contributed by atoms with E-state index < -0.39 is 0 Å². The fourth-order valence-corrected chi connectivity index (χ4v) is 2.51. The van der Waals surface area contributed by atoms with E-state index >= 15 is 0 Å². The van der Waals surface area contributed by atoms with Crippen molar-refractivity contribution in [3.8, 4) is 0 Å². The van der Waals surface area contributed by atoms with Crippen LogP contribution >= 0.6 is 15.9 Å². The average molecular weight is 301 g/mol. The summed E-state index contributed by atoms with van der Waals surface area (Å²) < 4.78 is 1.66. The number of aromatic nitrogens is 2. The molecule has 1 aromatic heterocycles. The van der Waals surface area contributed by atoms with Gasteiger partial charge in [0.25, 0.3) is 5.91 Å². The molecule has 2 rings (SSSR count). The smallest absolute Gasteiger partial charge is 0.257 e. The van der Waals surface area contributed by atoms with Crippen molar-refractivity contribution in [2.24, 2.45) is 7.05 Å². The number of carbonyl (C=O) groups excluding carboxylic acids is 1. The van der Waals surface area contributed by atoms with E-state index in [0.717, 1.165) is 38.1 Å². The van der Waals surface area contributed by atoms with Crippen LogP contribution in [0.4, 0.5) is 0 Å². The minimum atomic E-state index is 0.0941. The van der Waals surface area contributed by atoms with Crippen molar-refractivity contribution in [3.05, 3.63) is 18.0 Å². The fraction of sp³-hybridized carbons (Fsp3) is 0.636. The minimum Gasteiger partial charge on any atom is -0.336 e. The Kier molecular flexibility index (Phi) is 4.17. The summed E-state index contributed by atoms with van der Waals surface area (Å²) in [6.07, 6.45) is 3.40. The van der Waals surface area contributed by atoms with Crippen LogP contribution in [0.2, 0.25) is 0 Å². The van der Waals surface area contributed by atoms with Crippen LogP contribution in [0.15, 0.2) is 12.4 Å². The van der Waals surface area contributed by atoms with Crippen LogP contribution in [0.25, 0.3) is 0 Å². The van der Waals surface area contributed by atoms with Crippen molar-refractivity contribution in [1.29, 1.82) is 0 Å². The molecule has 0 aliphatic carbocycles. The zero-order chi connectivity index (χ0) is 12.3. The Balaban J connectivity index is 1.90. The number of halogens is 1. The van der Waals surface area contributed by atoms with Gasteiger partial charge in [-0.15, -0.1) is 0 Å². The molecule has 1 fully saturated rings. The molecule has 94 valence electrons. The normalized spacial score (nSPS) is 17.4. The van der Waals surface area contributed by atoms with E-state index in [4.69, 9.17) is 0 Å². The average Bonchev–Trinajstić information content (AvgIpc) is 2.76. The zero-order valence-corrected chi connectivity index (χ0v) is 11.6. The van der Waals surface area contributed by atoms with Crippen LogP contribution in [-0.2, 0) is 7.05 Å². The SMILES string of the molecule is Cn1cc(C(=O)N2CCN(CCBr)CC2)cn1. The summed E-state index contributed by atoms with van der Waals surface area (Å²) in [5.41, 5.74) is 0.682. The summed E-state index contributed by atoms with van der Waals surface area (Å²) in [5, 5.41) is 5.02. The molecule has 1 amide bonds. The number of aryl methyl sites for hydroxylation is 1. The van der Waals surface area contributed by atoms with E-state index in [1.165, 1.54) is 0 Å². The number of nitrogens with zero attached hydrogens (tertiary/aromatic N) is 4. The molecule has 1 aliphatic rings. The number of piperazine rings is 1. The van der Waals surface area contributed by atoms with Crippen molar-refractivity contribution >= 4 is 21.8 Å². The van der Waals surface area contributed by atoms with Gasteiger partial charge in [-0.3, -0.25) is 14.4 Å². The maximum Gasteiger partial charge on any atom is 0.257 e. The van der Waals surface area contributed by atoms with Gasteiger partial charge in [-0.25, -0.2) is 0 Å². The van der Waals surface area contributed by atoms with Crippen LogP contribution in [0, 0.1) is 0 Å². The first-order valence-electron chi connectivity index (χ1n) is 5.77. The quantitative estimate of drug-likeness (QED) is 0.767. The number of hydrogen-bond acceptors (Lipinski definition) is 3. The van der Waals surface area contributed by atoms with E-state index in [1.54, 1.807) is 17.1 Å². The summed E-state index contributed by atoms with van der Waals surface area (Å²) in [4.78, 5) is 16.4. The third-order valence-corrected chi connectivity index (χ3v) is 3.37. The Morgan fingerprint density at radius 1 is 1.41 bits per heavy atom. The molecule has 1 aromatic rings. The van der Waals surface area contributed by atoms with E-state index in [0.29, 0.717) is 5.56 Å². The molecule has 1 saturated heterocycles. The van der Waals surface area contributed by atoms with Crippen LogP contribution in [0.5, 0.6) is 0 Å². The molecule has 0 bridgehead atoms. The first kappa shape index (κ1) is 12.6. The topological polar surface area (TPSA) is 41.4 Å². The van der Waals surface area contributed by atoms with Gasteiger partial charge in [0.05, 0.1) is 11.8 Å². The molecule has 0 atom stereocenters. The van der Waals surface area contributed by atoms with Crippen molar-refractivity contribution < 1.29 is 4.79 Å². The third kappa shape index (κ3) is 3.07. The molecule has 5 nitrogen and oxygen atoms in total. The summed E-state index contributed by atoms with van der Waals surface area (Å²) in [6, 6.07) is 0. The highest BCUT2D eigenvalue weighted by Gasteiger charge is 2.22. The standard InChI is InChI=1S/C11H17BrN4O/c1-14-9-10(8-13-14)11(17)16-6-4-15(3-2-12)5-7-16/h8-9H,2-7H2,1H3. The second-order valence-electron chi connectivity index (χ2n) is 4.23. The fourth-order valence-electron chi connectivity index (χ4n) is 2.01. The van der Waals surface area contributed by atoms with Crippen molar-refractivity contribution in [2.45, 2.75) is 0 Å². The van der Waals surface area contributed by atoms with E-state index in [9.17, 15) is 4.79 Å². The molecule has 0 saturated carbocycles. The molecule has 17 heavy (non-hydrogen) atoms. The largest absolute Gasteiger partial charge is 0.336 e. The van der Waals surface area contributed by atoms with Gasteiger partial charge in [-0.1, -0.05) is 15.9 Å². The summed E-state index contributed by atoms with van der Waals surface area (Å²) in [6.45, 7) is 4.57. The Hall–Kier alpha value is -0.880. The van der Waals surface area contributed by atoms with Gasteiger partial charge in [0.2, 0.25) is 0 Å². The molecule has 0 radical (unpaired) electrons. The number of amides is 1. The molecule has 1 aliphatic heterocycles. The lowest BCUT2D eigenvalue weighted by Gasteiger charge is -2.34. The highest BCUT2D eigenvalue weighted by Crippen LogP contribution is 2.08. The molecular weight excluding hydrogens is 284 g/mol. The molecule has 2 heterocycles. The molecule has 0 aromatic carbocycles. The predicted molar refractivity (Wildman–Crippen MR) is 69.3 cm³/mol. The zero-order valence-electron chi connectivity index (χ0n) is 9.97. The van der Waals surface area contributed by atoms with Gasteiger partial charge in [-0.2, -0.15) is 5.10 Å². The Morgan fingerprint density at radius 3 is 2.65 bits per heavy atom. The van der Waals surface area contributed by atoms with Gasteiger partial charge in [-0.05, 0) is 0 Å². The lowest BCUT2D eigenvalue weighted by atomic mass is 10.2. The van der Waals surface area contributed by atoms with Crippen LogP contribution in [0.3, 0.4) is 0 Å². The van der Waals surface area contributed by atoms with Gasteiger partial charge in [0, 0.05) is 51.3 Å². The summed E-state index contributed by atoms with van der Waals surface area (Å²) >= 11 is 3.44. The molecule has 0 unspecified atom stereocenters. The summed E-state index contributed by atoms with van der Waals surface area (Å²) in [5.74, 6) is 0.0941. The molecular formula is C11H17BrN4O. The predicted octanol–water partition coefficient (Wildman–Crippen LogP) is 0.573. The Labute approximate surface area is 110 Å². The van der Waals surface area contributed by atoms with Gasteiger partial charge in [0.15, 0.2) is 0 Å². The lowest BCUT2D eigenvalue weighted by Crippen LogP contribution is -2.49. The number of alkyl halides is 1. The molecule has 0 spiro atoms. The number of rotatable bonds is 3. The number of hydrogen-bond donors (Lipinski definition) is 0. The maximum absolute atomic E-state index is 12.1. The monoisotopic (exact) mass is 300 g/mol. The Morgan fingerprint density at radius 2 is 2.12 bits per heavy atom. The van der Waals surface area contributed by atoms with Crippen molar-refractivity contribution in [2.75, 3.05) is 38.1 Å². The summed E-state index contributed by atoms with van der Waals surface area (Å²) in [7, 11) is 1.82. The lowest BCUT2D eigenvalue weighted by molar-refractivity contribution is 0.0645. The highest BCUT2D eigenvalue weighted by molar-refractivity contribution is 9.09. The van der Waals surface area contributed by atoms with Crippen molar-refractivity contribution in [3.63, 3.8) is 0 Å². The van der Waals surface area contributed by atoms with E-state index in [2.05, 4.69) is 25.9 Å². The van der Waals surface area contributed by atoms with Crippen LogP contribution in [-0.4, -0.2) is 63.5 Å². The van der Waals surface area contributed by atoms with Crippen molar-refractivity contribution in [1.82, 2.24) is 19.6 Å². The van der Waals surface area contributed by atoms with Gasteiger partial charge >= 0.3 is 0 Å². The number of carbonyl (C=O) groups is 1. The first-order chi connectivity index (χ1) is 8.20.